The van der Waals surface area contributed by atoms with Crippen molar-refractivity contribution < 1.29 is 19.4 Å². The number of ether oxygens (including phenoxy) is 1. The number of carbonyl (C=O) groups is 2. The average Bonchev–Trinajstić information content (AvgIpc) is 3.55. The number of nitrogens with zero attached hydrogens (tertiary/aromatic N) is 3. The van der Waals surface area contributed by atoms with E-state index < -0.39 is 17.7 Å². The first-order valence-corrected chi connectivity index (χ1v) is 10.5. The summed E-state index contributed by atoms with van der Waals surface area (Å²) in [5.74, 6) is -0.848. The van der Waals surface area contributed by atoms with Crippen LogP contribution in [-0.4, -0.2) is 38.4 Å². The highest BCUT2D eigenvalue weighted by atomic mass is 16.5. The average molecular weight is 438 g/mol. The van der Waals surface area contributed by atoms with Crippen molar-refractivity contribution >= 4 is 34.4 Å². The van der Waals surface area contributed by atoms with E-state index in [1.165, 1.54) is 4.90 Å². The van der Waals surface area contributed by atoms with E-state index in [9.17, 15) is 14.7 Å². The number of rotatable bonds is 3. The Morgan fingerprint density at radius 3 is 2.76 bits per heavy atom. The zero-order valence-electron chi connectivity index (χ0n) is 17.4. The number of anilines is 1. The maximum absolute atomic E-state index is 13.2. The highest BCUT2D eigenvalue weighted by molar-refractivity contribution is 6.51. The molecule has 0 aliphatic carbocycles. The maximum atomic E-state index is 13.2. The Kier molecular flexibility index (Phi) is 4.26. The third-order valence-corrected chi connectivity index (χ3v) is 5.98. The van der Waals surface area contributed by atoms with Gasteiger partial charge < -0.3 is 14.8 Å². The number of Topliss-reactive ketones (excluding diaryl/α,β-unsaturated/α-hetero) is 1. The molecule has 162 valence electrons. The lowest BCUT2D eigenvalue weighted by molar-refractivity contribution is -0.132. The molecule has 8 nitrogen and oxygen atoms in total. The van der Waals surface area contributed by atoms with E-state index in [0.29, 0.717) is 29.8 Å². The van der Waals surface area contributed by atoms with Gasteiger partial charge in [0, 0.05) is 18.2 Å². The van der Waals surface area contributed by atoms with Gasteiger partial charge in [0.05, 0.1) is 28.9 Å². The van der Waals surface area contributed by atoms with Crippen LogP contribution in [0.4, 0.5) is 5.95 Å². The normalized spacial score (nSPS) is 19.2. The minimum Gasteiger partial charge on any atom is -0.507 e. The number of benzene rings is 2. The number of pyridine rings is 1. The molecule has 0 saturated carbocycles. The highest BCUT2D eigenvalue weighted by Gasteiger charge is 2.48. The minimum absolute atomic E-state index is 0.0296. The van der Waals surface area contributed by atoms with Crippen LogP contribution in [0.15, 0.2) is 72.4 Å². The highest BCUT2D eigenvalue weighted by Crippen LogP contribution is 2.41. The molecule has 0 spiro atoms. The molecule has 8 heteroatoms. The molecule has 4 aromatic rings. The van der Waals surface area contributed by atoms with Crippen LogP contribution in [0.5, 0.6) is 5.75 Å². The fourth-order valence-corrected chi connectivity index (χ4v) is 4.41. The molecule has 2 aromatic carbocycles. The van der Waals surface area contributed by atoms with Crippen LogP contribution in [0.2, 0.25) is 0 Å². The number of nitrogens with one attached hydrogen (secondary N) is 1. The molecule has 4 heterocycles. The first-order valence-electron chi connectivity index (χ1n) is 10.5. The van der Waals surface area contributed by atoms with Gasteiger partial charge in [-0.1, -0.05) is 18.2 Å². The third-order valence-electron chi connectivity index (χ3n) is 5.98. The molecule has 6 rings (SSSR count). The second kappa shape index (κ2) is 7.30. The molecule has 2 N–H and O–H groups in total. The van der Waals surface area contributed by atoms with E-state index in [1.54, 1.807) is 42.6 Å². The molecule has 1 amide bonds. The van der Waals surface area contributed by atoms with Crippen LogP contribution in [0.3, 0.4) is 0 Å². The van der Waals surface area contributed by atoms with E-state index in [2.05, 4.69) is 15.0 Å². The summed E-state index contributed by atoms with van der Waals surface area (Å²) in [5.41, 5.74) is 3.20. The summed E-state index contributed by atoms with van der Waals surface area (Å²) < 4.78 is 5.54. The zero-order valence-corrected chi connectivity index (χ0v) is 17.4. The lowest BCUT2D eigenvalue weighted by atomic mass is 9.97. The molecule has 2 aliphatic heterocycles. The van der Waals surface area contributed by atoms with E-state index in [4.69, 9.17) is 4.74 Å². The van der Waals surface area contributed by atoms with Gasteiger partial charge >= 0.3 is 5.91 Å². The number of imidazole rings is 1. The van der Waals surface area contributed by atoms with Crippen molar-refractivity contribution in [3.63, 3.8) is 0 Å². The van der Waals surface area contributed by atoms with Crippen molar-refractivity contribution in [2.75, 3.05) is 11.5 Å². The van der Waals surface area contributed by atoms with Gasteiger partial charge in [-0.25, -0.2) is 4.98 Å². The number of aromatic amines is 1. The lowest BCUT2D eigenvalue weighted by Gasteiger charge is -2.22. The van der Waals surface area contributed by atoms with Crippen LogP contribution in [0.1, 0.15) is 22.9 Å². The van der Waals surface area contributed by atoms with Crippen molar-refractivity contribution in [3.8, 4) is 5.75 Å². The van der Waals surface area contributed by atoms with E-state index in [1.807, 2.05) is 24.3 Å². The van der Waals surface area contributed by atoms with Gasteiger partial charge in [-0.2, -0.15) is 0 Å². The van der Waals surface area contributed by atoms with Crippen LogP contribution in [-0.2, 0) is 16.0 Å². The minimum atomic E-state index is -0.934. The summed E-state index contributed by atoms with van der Waals surface area (Å²) in [7, 11) is 0. The van der Waals surface area contributed by atoms with Crippen molar-refractivity contribution in [3.05, 3.63) is 89.3 Å². The number of ketones is 1. The van der Waals surface area contributed by atoms with Crippen molar-refractivity contribution in [1.82, 2.24) is 15.0 Å². The Morgan fingerprint density at radius 2 is 1.94 bits per heavy atom. The smallest absolute Gasteiger partial charge is 0.302 e. The molecule has 2 aromatic heterocycles. The standard InChI is InChI=1S/C25H18N4O4/c30-22(15-8-9-19-14(13-15)10-12-33-19)20-21(18-7-3-4-11-26-18)29(24(32)23(20)31)25-27-16-5-1-2-6-17(16)28-25/h1-9,11,13,21,30H,10,12H2,(H,27,28)/b22-20+. The van der Waals surface area contributed by atoms with E-state index in [0.717, 1.165) is 16.8 Å². The molecular weight excluding hydrogens is 420 g/mol. The second-order valence-corrected chi connectivity index (χ2v) is 7.92. The number of H-pyrrole nitrogens is 1. The summed E-state index contributed by atoms with van der Waals surface area (Å²) in [4.78, 5) is 39.7. The third kappa shape index (κ3) is 2.99. The number of aliphatic hydroxyl groups is 1. The Balaban J connectivity index is 1.55. The number of hydrogen-bond donors (Lipinski definition) is 2. The molecule has 1 saturated heterocycles. The van der Waals surface area contributed by atoms with Crippen LogP contribution in [0.25, 0.3) is 16.8 Å². The second-order valence-electron chi connectivity index (χ2n) is 7.92. The number of para-hydroxylation sites is 2. The molecule has 33 heavy (non-hydrogen) atoms. The van der Waals surface area contributed by atoms with Crippen LogP contribution >= 0.6 is 0 Å². The monoisotopic (exact) mass is 438 g/mol. The number of aliphatic hydroxyl groups excluding tert-OH is 1. The van der Waals surface area contributed by atoms with Crippen LogP contribution < -0.4 is 9.64 Å². The summed E-state index contributed by atoms with van der Waals surface area (Å²) >= 11 is 0. The molecule has 1 atom stereocenters. The van der Waals surface area contributed by atoms with Gasteiger partial charge in [-0.15, -0.1) is 0 Å². The van der Waals surface area contributed by atoms with Gasteiger partial charge in [0.1, 0.15) is 17.6 Å². The van der Waals surface area contributed by atoms with Gasteiger partial charge in [-0.3, -0.25) is 19.5 Å². The Hall–Kier alpha value is -4.46. The molecule has 1 unspecified atom stereocenters. The Bertz CT molecular complexity index is 1420. The van der Waals surface area contributed by atoms with Gasteiger partial charge in [-0.05, 0) is 48.0 Å². The molecule has 0 radical (unpaired) electrons. The SMILES string of the molecule is O=C1C(=O)N(c2nc3ccccc3[nH]2)C(c2ccccn2)/C1=C(\O)c1ccc2c(c1)CCO2. The largest absolute Gasteiger partial charge is 0.507 e. The lowest BCUT2D eigenvalue weighted by Crippen LogP contribution is -2.30. The Morgan fingerprint density at radius 1 is 1.09 bits per heavy atom. The zero-order chi connectivity index (χ0) is 22.5. The number of fused-ring (bicyclic) bond motifs is 2. The summed E-state index contributed by atoms with van der Waals surface area (Å²) in [6, 6.07) is 16.9. The summed E-state index contributed by atoms with van der Waals surface area (Å²) in [5, 5.41) is 11.3. The molecular formula is C25H18N4O4. The fourth-order valence-electron chi connectivity index (χ4n) is 4.41. The maximum Gasteiger partial charge on any atom is 0.302 e. The molecule has 1 fully saturated rings. The quantitative estimate of drug-likeness (QED) is 0.288. The topological polar surface area (TPSA) is 108 Å². The number of amides is 1. The molecule has 0 bridgehead atoms. The van der Waals surface area contributed by atoms with Crippen molar-refractivity contribution in [2.45, 2.75) is 12.5 Å². The van der Waals surface area contributed by atoms with Crippen molar-refractivity contribution in [1.29, 1.82) is 0 Å². The van der Waals surface area contributed by atoms with Crippen molar-refractivity contribution in [2.24, 2.45) is 0 Å². The van der Waals surface area contributed by atoms with Gasteiger partial charge in [0.15, 0.2) is 0 Å². The number of hydrogen-bond acceptors (Lipinski definition) is 6. The number of aromatic nitrogens is 3. The first kappa shape index (κ1) is 19.2. The fraction of sp³-hybridized carbons (Fsp3) is 0.120. The van der Waals surface area contributed by atoms with Gasteiger partial charge in [0.25, 0.3) is 5.78 Å². The molecule has 2 aliphatic rings. The summed E-state index contributed by atoms with van der Waals surface area (Å²) in [6.07, 6.45) is 2.30. The predicted octanol–water partition coefficient (Wildman–Crippen LogP) is 3.52. The van der Waals surface area contributed by atoms with E-state index in [-0.39, 0.29) is 17.3 Å². The number of carbonyl (C=O) groups excluding carboxylic acids is 2. The predicted molar refractivity (Wildman–Crippen MR) is 121 cm³/mol. The Labute approximate surface area is 188 Å². The first-order chi connectivity index (χ1) is 16.1. The van der Waals surface area contributed by atoms with Crippen LogP contribution in [0, 0.1) is 0 Å². The van der Waals surface area contributed by atoms with E-state index >= 15 is 0 Å². The summed E-state index contributed by atoms with van der Waals surface area (Å²) in [6.45, 7) is 0.573. The van der Waals surface area contributed by atoms with Gasteiger partial charge in [0.2, 0.25) is 5.95 Å².